The molecule has 1 saturated heterocycles. The fourth-order valence-corrected chi connectivity index (χ4v) is 2.34. The van der Waals surface area contributed by atoms with Crippen LogP contribution in [-0.4, -0.2) is 69.2 Å². The fraction of sp³-hybridized carbons (Fsp3) is 0.917. The summed E-state index contributed by atoms with van der Waals surface area (Å²) in [6, 6.07) is -0.509. The van der Waals surface area contributed by atoms with Gasteiger partial charge in [-0.15, -0.1) is 24.8 Å². The molecule has 0 spiro atoms. The molecular weight excluding hydrogens is 289 g/mol. The third-order valence-electron chi connectivity index (χ3n) is 3.21. The van der Waals surface area contributed by atoms with Crippen LogP contribution in [0.4, 0.5) is 0 Å². The van der Waals surface area contributed by atoms with E-state index in [2.05, 4.69) is 19.0 Å². The Morgan fingerprint density at radius 3 is 2.32 bits per heavy atom. The quantitative estimate of drug-likeness (QED) is 0.807. The van der Waals surface area contributed by atoms with Crippen LogP contribution >= 0.6 is 24.8 Å². The lowest BCUT2D eigenvalue weighted by atomic mass is 9.96. The van der Waals surface area contributed by atoms with E-state index < -0.39 is 6.04 Å². The van der Waals surface area contributed by atoms with Gasteiger partial charge in [-0.25, -0.2) is 0 Å². The molecule has 1 unspecified atom stereocenters. The largest absolute Gasteiger partial charge is 0.383 e. The number of piperidine rings is 1. The molecule has 0 saturated carbocycles. The van der Waals surface area contributed by atoms with Crippen LogP contribution in [0.1, 0.15) is 12.8 Å². The zero-order valence-corrected chi connectivity index (χ0v) is 13.6. The first-order valence-corrected chi connectivity index (χ1v) is 6.22. The number of nitrogens with zero attached hydrogens (tertiary/aromatic N) is 2. The van der Waals surface area contributed by atoms with Crippen molar-refractivity contribution in [2.24, 2.45) is 11.7 Å². The monoisotopic (exact) mass is 315 g/mol. The average molecular weight is 316 g/mol. The first-order valence-electron chi connectivity index (χ1n) is 6.22. The van der Waals surface area contributed by atoms with Crippen molar-refractivity contribution in [2.75, 3.05) is 47.4 Å². The molecule has 0 aromatic carbocycles. The number of likely N-dealkylation sites (tertiary alicyclic amines) is 1. The van der Waals surface area contributed by atoms with Crippen LogP contribution in [-0.2, 0) is 9.53 Å². The number of hydrogen-bond acceptors (Lipinski definition) is 4. The summed E-state index contributed by atoms with van der Waals surface area (Å²) in [6.45, 7) is 3.06. The second kappa shape index (κ2) is 10.7. The van der Waals surface area contributed by atoms with Crippen molar-refractivity contribution in [1.82, 2.24) is 9.80 Å². The molecule has 1 rings (SSSR count). The van der Waals surface area contributed by atoms with Crippen molar-refractivity contribution in [2.45, 2.75) is 18.9 Å². The summed E-state index contributed by atoms with van der Waals surface area (Å²) in [5, 5.41) is 0. The maximum Gasteiger partial charge on any atom is 0.241 e. The molecule has 7 heteroatoms. The van der Waals surface area contributed by atoms with E-state index >= 15 is 0 Å². The van der Waals surface area contributed by atoms with Gasteiger partial charge < -0.3 is 20.3 Å². The molecule has 19 heavy (non-hydrogen) atoms. The van der Waals surface area contributed by atoms with E-state index in [1.807, 2.05) is 4.90 Å². The van der Waals surface area contributed by atoms with E-state index in [0.29, 0.717) is 12.5 Å². The van der Waals surface area contributed by atoms with Crippen molar-refractivity contribution in [1.29, 1.82) is 0 Å². The maximum absolute atomic E-state index is 11.9. The van der Waals surface area contributed by atoms with Crippen molar-refractivity contribution in [3.63, 3.8) is 0 Å². The first kappa shape index (κ1) is 21.2. The van der Waals surface area contributed by atoms with E-state index in [9.17, 15) is 4.79 Å². The number of hydrogen-bond donors (Lipinski definition) is 1. The van der Waals surface area contributed by atoms with Gasteiger partial charge in [-0.1, -0.05) is 0 Å². The Bertz CT molecular complexity index is 247. The van der Waals surface area contributed by atoms with Crippen LogP contribution in [0, 0.1) is 5.92 Å². The average Bonchev–Trinajstić information content (AvgIpc) is 2.28. The van der Waals surface area contributed by atoms with Gasteiger partial charge in [-0.05, 0) is 32.9 Å². The summed E-state index contributed by atoms with van der Waals surface area (Å²) in [6.07, 6.45) is 2.15. The molecule has 0 aliphatic carbocycles. The molecule has 0 aromatic heterocycles. The first-order chi connectivity index (χ1) is 8.04. The van der Waals surface area contributed by atoms with Crippen LogP contribution in [0.3, 0.4) is 0 Å². The number of amides is 1. The van der Waals surface area contributed by atoms with E-state index in [-0.39, 0.29) is 30.7 Å². The number of carbonyl (C=O) groups is 1. The Labute approximate surface area is 128 Å². The molecule has 1 amide bonds. The number of ether oxygens (including phenoxy) is 1. The van der Waals surface area contributed by atoms with Gasteiger partial charge in [-0.2, -0.15) is 0 Å². The highest BCUT2D eigenvalue weighted by molar-refractivity contribution is 5.85. The minimum atomic E-state index is -0.509. The van der Waals surface area contributed by atoms with Crippen LogP contribution in [0.2, 0.25) is 0 Å². The van der Waals surface area contributed by atoms with Crippen LogP contribution in [0.25, 0.3) is 0 Å². The lowest BCUT2D eigenvalue weighted by molar-refractivity contribution is -0.135. The molecule has 2 N–H and O–H groups in total. The molecule has 1 aliphatic rings. The van der Waals surface area contributed by atoms with Gasteiger partial charge >= 0.3 is 0 Å². The number of carbonyl (C=O) groups excluding carboxylic acids is 1. The smallest absolute Gasteiger partial charge is 0.241 e. The topological polar surface area (TPSA) is 58.8 Å². The predicted octanol–water partition coefficient (Wildman–Crippen LogP) is 0.604. The predicted molar refractivity (Wildman–Crippen MR) is 82.2 cm³/mol. The summed E-state index contributed by atoms with van der Waals surface area (Å²) >= 11 is 0. The fourth-order valence-electron chi connectivity index (χ4n) is 2.34. The Morgan fingerprint density at radius 1 is 1.37 bits per heavy atom. The summed E-state index contributed by atoms with van der Waals surface area (Å²) < 4.78 is 4.91. The van der Waals surface area contributed by atoms with E-state index in [0.717, 1.165) is 32.5 Å². The Morgan fingerprint density at radius 2 is 1.89 bits per heavy atom. The lowest BCUT2D eigenvalue weighted by Crippen LogP contribution is -2.49. The third-order valence-corrected chi connectivity index (χ3v) is 3.21. The number of methoxy groups -OCH3 is 1. The molecule has 0 radical (unpaired) electrons. The molecule has 116 valence electrons. The Hall–Kier alpha value is -0.0700. The van der Waals surface area contributed by atoms with E-state index in [1.165, 1.54) is 0 Å². The molecule has 1 aliphatic heterocycles. The number of nitrogens with two attached hydrogens (primary N) is 1. The zero-order valence-electron chi connectivity index (χ0n) is 12.0. The summed E-state index contributed by atoms with van der Waals surface area (Å²) in [5.41, 5.74) is 5.75. The van der Waals surface area contributed by atoms with Crippen LogP contribution < -0.4 is 5.73 Å². The molecule has 1 fully saturated rings. The van der Waals surface area contributed by atoms with Crippen LogP contribution in [0.15, 0.2) is 0 Å². The number of halogens is 2. The highest BCUT2D eigenvalue weighted by Crippen LogP contribution is 2.18. The van der Waals surface area contributed by atoms with Gasteiger partial charge in [0.1, 0.15) is 6.04 Å². The molecule has 0 bridgehead atoms. The third kappa shape index (κ3) is 7.32. The van der Waals surface area contributed by atoms with Crippen LogP contribution in [0.5, 0.6) is 0 Å². The van der Waals surface area contributed by atoms with Gasteiger partial charge in [0.05, 0.1) is 6.61 Å². The molecule has 5 nitrogen and oxygen atoms in total. The lowest BCUT2D eigenvalue weighted by Gasteiger charge is -2.34. The van der Waals surface area contributed by atoms with Crippen molar-refractivity contribution in [3.8, 4) is 0 Å². The second-order valence-corrected chi connectivity index (χ2v) is 5.09. The summed E-state index contributed by atoms with van der Waals surface area (Å²) in [7, 11) is 5.74. The van der Waals surface area contributed by atoms with E-state index in [1.54, 1.807) is 7.11 Å². The minimum Gasteiger partial charge on any atom is -0.383 e. The van der Waals surface area contributed by atoms with Crippen molar-refractivity contribution >= 4 is 30.7 Å². The van der Waals surface area contributed by atoms with Gasteiger partial charge in [0.15, 0.2) is 0 Å². The Balaban J connectivity index is 0. The van der Waals surface area contributed by atoms with E-state index in [4.69, 9.17) is 10.5 Å². The normalized spacial score (nSPS) is 17.6. The molecular formula is C12H27Cl2N3O2. The van der Waals surface area contributed by atoms with Gasteiger partial charge in [0, 0.05) is 26.7 Å². The highest BCUT2D eigenvalue weighted by atomic mass is 35.5. The van der Waals surface area contributed by atoms with Gasteiger partial charge in [0.25, 0.3) is 0 Å². The summed E-state index contributed by atoms with van der Waals surface area (Å²) in [5.74, 6) is 0.725. The van der Waals surface area contributed by atoms with Gasteiger partial charge in [0.2, 0.25) is 5.91 Å². The second-order valence-electron chi connectivity index (χ2n) is 5.09. The molecule has 1 atom stereocenters. The molecule has 1 heterocycles. The van der Waals surface area contributed by atoms with Crippen molar-refractivity contribution < 1.29 is 9.53 Å². The SMILES string of the molecule is COCC(N)C(=O)N1CCC(CN(C)C)CC1.Cl.Cl. The maximum atomic E-state index is 11.9. The standard InChI is InChI=1S/C12H25N3O2.2ClH/c1-14(2)8-10-4-6-15(7-5-10)12(16)11(13)9-17-3;;/h10-11H,4-9,13H2,1-3H3;2*1H. The van der Waals surface area contributed by atoms with Gasteiger partial charge in [-0.3, -0.25) is 4.79 Å². The number of rotatable bonds is 5. The van der Waals surface area contributed by atoms with Crippen molar-refractivity contribution in [3.05, 3.63) is 0 Å². The highest BCUT2D eigenvalue weighted by Gasteiger charge is 2.26. The minimum absolute atomic E-state index is 0. The molecule has 0 aromatic rings. The summed E-state index contributed by atoms with van der Waals surface area (Å²) in [4.78, 5) is 16.0. The Kier molecular flexibility index (Phi) is 11.9. The zero-order chi connectivity index (χ0) is 12.8.